The highest BCUT2D eigenvalue weighted by Crippen LogP contribution is 2.47. The minimum absolute atomic E-state index is 0.0421. The number of hydrogen-bond acceptors (Lipinski definition) is 8. The second-order valence-electron chi connectivity index (χ2n) is 4.44. The number of hydrogen-bond donors (Lipinski definition) is 1. The Morgan fingerprint density at radius 3 is 2.52 bits per heavy atom. The SMILES string of the molecule is COP(=O)(OC)c1nc(-c2ccco2)oc1NCc1ccco1. The summed E-state index contributed by atoms with van der Waals surface area (Å²) in [5.74, 6) is 1.41. The van der Waals surface area contributed by atoms with Gasteiger partial charge in [-0.2, -0.15) is 4.98 Å². The lowest BCUT2D eigenvalue weighted by Gasteiger charge is -2.11. The van der Waals surface area contributed by atoms with Crippen LogP contribution in [0.3, 0.4) is 0 Å². The highest BCUT2D eigenvalue weighted by Gasteiger charge is 2.34. The van der Waals surface area contributed by atoms with E-state index >= 15 is 0 Å². The molecule has 3 heterocycles. The van der Waals surface area contributed by atoms with Gasteiger partial charge in [-0.3, -0.25) is 4.57 Å². The van der Waals surface area contributed by atoms with Gasteiger partial charge in [0.15, 0.2) is 5.76 Å². The molecule has 3 rings (SSSR count). The normalized spacial score (nSPS) is 11.7. The molecule has 0 atom stereocenters. The first-order chi connectivity index (χ1) is 11.2. The van der Waals surface area contributed by atoms with Gasteiger partial charge in [-0.25, -0.2) is 0 Å². The molecule has 0 aliphatic rings. The van der Waals surface area contributed by atoms with Crippen LogP contribution < -0.4 is 10.8 Å². The van der Waals surface area contributed by atoms with Crippen molar-refractivity contribution in [1.82, 2.24) is 4.98 Å². The third kappa shape index (κ3) is 3.10. The summed E-state index contributed by atoms with van der Waals surface area (Å²) in [5.41, 5.74) is 0.0421. The number of nitrogens with one attached hydrogen (secondary N) is 1. The molecular formula is C14H15N2O6P. The zero-order valence-electron chi connectivity index (χ0n) is 12.5. The summed E-state index contributed by atoms with van der Waals surface area (Å²) in [5, 5.41) is 2.98. The predicted molar refractivity (Wildman–Crippen MR) is 81.5 cm³/mol. The fourth-order valence-electron chi connectivity index (χ4n) is 1.95. The van der Waals surface area contributed by atoms with E-state index in [2.05, 4.69) is 10.3 Å². The minimum Gasteiger partial charge on any atom is -0.467 e. The van der Waals surface area contributed by atoms with Crippen LogP contribution in [0.15, 0.2) is 50.0 Å². The Labute approximate surface area is 131 Å². The van der Waals surface area contributed by atoms with Crippen LogP contribution in [-0.4, -0.2) is 19.2 Å². The predicted octanol–water partition coefficient (Wildman–Crippen LogP) is 3.25. The Hall–Kier alpha value is -2.28. The number of oxazole rings is 1. The fourth-order valence-corrected chi connectivity index (χ4v) is 3.03. The summed E-state index contributed by atoms with van der Waals surface area (Å²) in [6.45, 7) is 0.320. The monoisotopic (exact) mass is 338 g/mol. The lowest BCUT2D eigenvalue weighted by molar-refractivity contribution is 0.286. The molecule has 0 unspecified atom stereocenters. The van der Waals surface area contributed by atoms with Gasteiger partial charge in [-0.05, 0) is 24.3 Å². The molecule has 0 fully saturated rings. The Bertz CT molecular complexity index is 785. The summed E-state index contributed by atoms with van der Waals surface area (Å²) in [6.07, 6.45) is 3.04. The Balaban J connectivity index is 1.96. The van der Waals surface area contributed by atoms with Crippen molar-refractivity contribution in [3.05, 3.63) is 42.6 Å². The molecule has 0 aliphatic carbocycles. The van der Waals surface area contributed by atoms with Crippen molar-refractivity contribution < 1.29 is 26.9 Å². The van der Waals surface area contributed by atoms with Gasteiger partial charge in [0.2, 0.25) is 11.3 Å². The van der Waals surface area contributed by atoms with Gasteiger partial charge in [0.25, 0.3) is 5.89 Å². The van der Waals surface area contributed by atoms with E-state index in [0.717, 1.165) is 0 Å². The van der Waals surface area contributed by atoms with Gasteiger partial charge in [0.1, 0.15) is 5.76 Å². The lowest BCUT2D eigenvalue weighted by atomic mass is 10.4. The molecule has 8 nitrogen and oxygen atoms in total. The third-order valence-corrected chi connectivity index (χ3v) is 4.87. The van der Waals surface area contributed by atoms with Crippen molar-refractivity contribution >= 4 is 18.9 Å². The van der Waals surface area contributed by atoms with Crippen molar-refractivity contribution in [3.63, 3.8) is 0 Å². The van der Waals surface area contributed by atoms with E-state index in [-0.39, 0.29) is 17.2 Å². The molecule has 9 heteroatoms. The van der Waals surface area contributed by atoms with Crippen molar-refractivity contribution in [2.45, 2.75) is 6.54 Å². The second-order valence-corrected chi connectivity index (χ2v) is 6.59. The summed E-state index contributed by atoms with van der Waals surface area (Å²) in [7, 11) is -1.04. The first kappa shape index (κ1) is 15.6. The number of nitrogens with zero attached hydrogens (tertiary/aromatic N) is 1. The smallest absolute Gasteiger partial charge is 0.384 e. The topological polar surface area (TPSA) is 99.9 Å². The van der Waals surface area contributed by atoms with E-state index in [1.54, 1.807) is 30.5 Å². The number of rotatable bonds is 7. The van der Waals surface area contributed by atoms with Crippen LogP contribution in [0.2, 0.25) is 0 Å². The average Bonchev–Trinajstić information content (AvgIpc) is 3.32. The number of aromatic nitrogens is 1. The summed E-state index contributed by atoms with van der Waals surface area (Å²) >= 11 is 0. The molecular weight excluding hydrogens is 323 g/mol. The van der Waals surface area contributed by atoms with Crippen LogP contribution >= 0.6 is 7.60 Å². The fraction of sp³-hybridized carbons (Fsp3) is 0.214. The maximum Gasteiger partial charge on any atom is 0.384 e. The van der Waals surface area contributed by atoms with Crippen LogP contribution in [0.25, 0.3) is 11.7 Å². The van der Waals surface area contributed by atoms with E-state index in [4.69, 9.17) is 22.3 Å². The zero-order chi connectivity index (χ0) is 16.3. The first-order valence-corrected chi connectivity index (χ1v) is 8.23. The number of furan rings is 2. The third-order valence-electron chi connectivity index (χ3n) is 3.08. The molecule has 0 saturated carbocycles. The first-order valence-electron chi connectivity index (χ1n) is 6.69. The van der Waals surface area contributed by atoms with Crippen molar-refractivity contribution in [3.8, 4) is 11.7 Å². The van der Waals surface area contributed by atoms with E-state index in [0.29, 0.717) is 18.1 Å². The second kappa shape index (κ2) is 6.45. The highest BCUT2D eigenvalue weighted by molar-refractivity contribution is 7.62. The summed E-state index contributed by atoms with van der Waals surface area (Å²) in [4.78, 5) is 4.20. The van der Waals surface area contributed by atoms with Crippen LogP contribution in [0, 0.1) is 0 Å². The molecule has 23 heavy (non-hydrogen) atoms. The molecule has 122 valence electrons. The van der Waals surface area contributed by atoms with Crippen LogP contribution in [0.4, 0.5) is 5.88 Å². The Kier molecular flexibility index (Phi) is 4.38. The van der Waals surface area contributed by atoms with Crippen LogP contribution in [0.5, 0.6) is 0 Å². The Morgan fingerprint density at radius 2 is 1.91 bits per heavy atom. The lowest BCUT2D eigenvalue weighted by Crippen LogP contribution is -2.14. The largest absolute Gasteiger partial charge is 0.467 e. The van der Waals surface area contributed by atoms with E-state index in [9.17, 15) is 4.57 Å². The Morgan fingerprint density at radius 1 is 1.17 bits per heavy atom. The van der Waals surface area contributed by atoms with Crippen molar-refractivity contribution in [2.24, 2.45) is 0 Å². The van der Waals surface area contributed by atoms with Gasteiger partial charge in [-0.1, -0.05) is 0 Å². The summed E-state index contributed by atoms with van der Waals surface area (Å²) in [6, 6.07) is 6.93. The van der Waals surface area contributed by atoms with Crippen LogP contribution in [0.1, 0.15) is 5.76 Å². The average molecular weight is 338 g/mol. The minimum atomic E-state index is -3.60. The maximum atomic E-state index is 12.7. The molecule has 3 aromatic rings. The molecule has 1 N–H and O–H groups in total. The van der Waals surface area contributed by atoms with Gasteiger partial charge in [0, 0.05) is 14.2 Å². The van der Waals surface area contributed by atoms with Crippen LogP contribution in [-0.2, 0) is 20.2 Å². The molecule has 3 aromatic heterocycles. The molecule has 0 spiro atoms. The van der Waals surface area contributed by atoms with Gasteiger partial charge >= 0.3 is 7.60 Å². The van der Waals surface area contributed by atoms with E-state index in [1.165, 1.54) is 20.5 Å². The number of anilines is 1. The van der Waals surface area contributed by atoms with E-state index in [1.807, 2.05) is 0 Å². The maximum absolute atomic E-state index is 12.7. The van der Waals surface area contributed by atoms with E-state index < -0.39 is 7.60 Å². The van der Waals surface area contributed by atoms with Gasteiger partial charge in [0.05, 0.1) is 19.1 Å². The van der Waals surface area contributed by atoms with Crippen molar-refractivity contribution in [2.75, 3.05) is 19.5 Å². The summed E-state index contributed by atoms with van der Waals surface area (Å²) < 4.78 is 38.8. The van der Waals surface area contributed by atoms with Crippen molar-refractivity contribution in [1.29, 1.82) is 0 Å². The molecule has 0 aromatic carbocycles. The standard InChI is InChI=1S/C14H15N2O6P/c1-18-23(17,19-2)14-13(15-9-10-5-3-7-20-10)22-12(16-14)11-6-4-8-21-11/h3-8,15H,9H2,1-2H3. The van der Waals surface area contributed by atoms with Gasteiger partial charge in [-0.15, -0.1) is 0 Å². The quantitative estimate of drug-likeness (QED) is 0.655. The molecule has 0 bridgehead atoms. The molecule has 0 radical (unpaired) electrons. The highest BCUT2D eigenvalue weighted by atomic mass is 31.2. The molecule has 0 amide bonds. The molecule has 0 saturated heterocycles. The zero-order valence-corrected chi connectivity index (χ0v) is 13.4. The molecule has 0 aliphatic heterocycles. The van der Waals surface area contributed by atoms with Gasteiger partial charge < -0.3 is 27.6 Å².